The summed E-state index contributed by atoms with van der Waals surface area (Å²) in [4.78, 5) is 10.4. The van der Waals surface area contributed by atoms with Crippen LogP contribution in [-0.2, 0) is 30.8 Å². The van der Waals surface area contributed by atoms with Crippen molar-refractivity contribution in [3.63, 3.8) is 0 Å². The minimum atomic E-state index is -3.72. The van der Waals surface area contributed by atoms with Crippen LogP contribution in [0.3, 0.4) is 0 Å². The Balaban J connectivity index is 2.63. The van der Waals surface area contributed by atoms with Crippen molar-refractivity contribution < 1.29 is 27.8 Å². The Morgan fingerprint density at radius 2 is 2.24 bits per heavy atom. The third-order valence-electron chi connectivity index (χ3n) is 2.66. The summed E-state index contributed by atoms with van der Waals surface area (Å²) in [6.45, 7) is 0.430. The van der Waals surface area contributed by atoms with E-state index in [2.05, 4.69) is 9.82 Å². The first-order valence-corrected chi connectivity index (χ1v) is 7.63. The number of nitrogens with one attached hydrogen (secondary N) is 1. The monoisotopic (exact) mass is 321 g/mol. The Morgan fingerprint density at radius 1 is 1.52 bits per heavy atom. The molecule has 0 aromatic carbocycles. The minimum absolute atomic E-state index is 0.0276. The van der Waals surface area contributed by atoms with Crippen LogP contribution in [0.1, 0.15) is 6.42 Å². The molecule has 1 aromatic heterocycles. The maximum Gasteiger partial charge on any atom is 0.305 e. The molecule has 0 saturated carbocycles. The number of aliphatic carboxylic acids is 1. The lowest BCUT2D eigenvalue weighted by Crippen LogP contribution is -2.35. The fraction of sp³-hybridized carbons (Fsp3) is 0.636. The SMILES string of the molecule is COCC(CNS(=O)(=O)c1cnn(CCC(=O)O)c1)OC. The van der Waals surface area contributed by atoms with Gasteiger partial charge in [-0.25, -0.2) is 13.1 Å². The van der Waals surface area contributed by atoms with Gasteiger partial charge in [-0.3, -0.25) is 9.48 Å². The van der Waals surface area contributed by atoms with Gasteiger partial charge in [-0.15, -0.1) is 0 Å². The molecule has 1 atom stereocenters. The standard InChI is InChI=1S/C11H19N3O6S/c1-19-8-9(20-2)5-13-21(17,18)10-6-12-14(7-10)4-3-11(15)16/h6-7,9,13H,3-5,8H2,1-2H3,(H,15,16). The van der Waals surface area contributed by atoms with Gasteiger partial charge in [0.25, 0.3) is 0 Å². The highest BCUT2D eigenvalue weighted by molar-refractivity contribution is 7.89. The van der Waals surface area contributed by atoms with Gasteiger partial charge in [-0.2, -0.15) is 5.10 Å². The molecule has 0 saturated heterocycles. The molecule has 0 bridgehead atoms. The van der Waals surface area contributed by atoms with Crippen LogP contribution in [0.25, 0.3) is 0 Å². The first-order chi connectivity index (χ1) is 9.89. The second-order valence-corrected chi connectivity index (χ2v) is 6.01. The average Bonchev–Trinajstić information content (AvgIpc) is 2.91. The molecule has 0 aliphatic carbocycles. The van der Waals surface area contributed by atoms with Crippen molar-refractivity contribution in [2.75, 3.05) is 27.4 Å². The Hall–Kier alpha value is -1.49. The van der Waals surface area contributed by atoms with Crippen LogP contribution in [0.4, 0.5) is 0 Å². The Labute approximate surface area is 122 Å². The molecule has 0 radical (unpaired) electrons. The summed E-state index contributed by atoms with van der Waals surface area (Å²) in [7, 11) is -0.765. The molecule has 120 valence electrons. The Kier molecular flexibility index (Phi) is 6.75. The van der Waals surface area contributed by atoms with Gasteiger partial charge in [0.1, 0.15) is 4.90 Å². The number of carbonyl (C=O) groups is 1. The van der Waals surface area contributed by atoms with E-state index >= 15 is 0 Å². The van der Waals surface area contributed by atoms with Crippen LogP contribution in [0.15, 0.2) is 17.3 Å². The molecule has 10 heteroatoms. The second kappa shape index (κ2) is 8.08. The average molecular weight is 321 g/mol. The number of hydrogen-bond donors (Lipinski definition) is 2. The zero-order valence-corrected chi connectivity index (χ0v) is 12.7. The van der Waals surface area contributed by atoms with Gasteiger partial charge in [0, 0.05) is 27.0 Å². The first kappa shape index (κ1) is 17.6. The van der Waals surface area contributed by atoms with Crippen LogP contribution in [0, 0.1) is 0 Å². The number of hydrogen-bond acceptors (Lipinski definition) is 6. The molecule has 0 aliphatic rings. The first-order valence-electron chi connectivity index (χ1n) is 6.14. The van der Waals surface area contributed by atoms with Gasteiger partial charge >= 0.3 is 5.97 Å². The van der Waals surface area contributed by atoms with Gasteiger partial charge in [0.2, 0.25) is 10.0 Å². The van der Waals surface area contributed by atoms with Gasteiger partial charge in [-0.05, 0) is 0 Å². The summed E-state index contributed by atoms with van der Waals surface area (Å²) in [6.07, 6.45) is 1.92. The number of aromatic nitrogens is 2. The smallest absolute Gasteiger partial charge is 0.305 e. The number of carboxylic acids is 1. The van der Waals surface area contributed by atoms with E-state index in [-0.39, 0.29) is 31.0 Å². The zero-order chi connectivity index (χ0) is 15.9. The third kappa shape index (κ3) is 5.79. The number of carboxylic acid groups (broad SMARTS) is 1. The highest BCUT2D eigenvalue weighted by Crippen LogP contribution is 2.07. The normalized spacial score (nSPS) is 13.2. The van der Waals surface area contributed by atoms with Gasteiger partial charge < -0.3 is 14.6 Å². The largest absolute Gasteiger partial charge is 0.481 e. The van der Waals surface area contributed by atoms with Crippen molar-refractivity contribution in [2.45, 2.75) is 24.0 Å². The van der Waals surface area contributed by atoms with Crippen molar-refractivity contribution in [1.82, 2.24) is 14.5 Å². The minimum Gasteiger partial charge on any atom is -0.481 e. The van der Waals surface area contributed by atoms with E-state index < -0.39 is 22.1 Å². The van der Waals surface area contributed by atoms with E-state index in [4.69, 9.17) is 14.6 Å². The summed E-state index contributed by atoms with van der Waals surface area (Å²) in [5.41, 5.74) is 0. The maximum atomic E-state index is 12.0. The Morgan fingerprint density at radius 3 is 2.81 bits per heavy atom. The summed E-state index contributed by atoms with van der Waals surface area (Å²) in [5.74, 6) is -0.976. The number of sulfonamides is 1. The topological polar surface area (TPSA) is 120 Å². The lowest BCUT2D eigenvalue weighted by atomic mass is 10.4. The summed E-state index contributed by atoms with van der Waals surface area (Å²) < 4.78 is 37.7. The van der Waals surface area contributed by atoms with E-state index in [0.29, 0.717) is 0 Å². The van der Waals surface area contributed by atoms with E-state index in [1.165, 1.54) is 31.3 Å². The predicted octanol–water partition coefficient (Wildman–Crippen LogP) is -0.702. The number of methoxy groups -OCH3 is 2. The summed E-state index contributed by atoms with van der Waals surface area (Å²) >= 11 is 0. The predicted molar refractivity (Wildman–Crippen MR) is 72.3 cm³/mol. The molecule has 21 heavy (non-hydrogen) atoms. The fourth-order valence-electron chi connectivity index (χ4n) is 1.50. The number of nitrogens with zero attached hydrogens (tertiary/aromatic N) is 2. The molecule has 0 fully saturated rings. The second-order valence-electron chi connectivity index (χ2n) is 4.25. The van der Waals surface area contributed by atoms with Crippen LogP contribution < -0.4 is 4.72 Å². The highest BCUT2D eigenvalue weighted by Gasteiger charge is 2.18. The molecule has 1 heterocycles. The molecule has 0 spiro atoms. The molecule has 1 aromatic rings. The molecule has 0 amide bonds. The van der Waals surface area contributed by atoms with E-state index in [0.717, 1.165) is 0 Å². The fourth-order valence-corrected chi connectivity index (χ4v) is 2.52. The number of aryl methyl sites for hydroxylation is 1. The molecule has 1 rings (SSSR count). The van der Waals surface area contributed by atoms with Crippen LogP contribution in [0.2, 0.25) is 0 Å². The van der Waals surface area contributed by atoms with E-state index in [9.17, 15) is 13.2 Å². The number of ether oxygens (including phenoxy) is 2. The zero-order valence-electron chi connectivity index (χ0n) is 11.9. The lowest BCUT2D eigenvalue weighted by molar-refractivity contribution is -0.137. The van der Waals surface area contributed by atoms with Crippen molar-refractivity contribution >= 4 is 16.0 Å². The van der Waals surface area contributed by atoms with Gasteiger partial charge in [0.05, 0.1) is 31.9 Å². The van der Waals surface area contributed by atoms with Crippen LogP contribution >= 0.6 is 0 Å². The van der Waals surface area contributed by atoms with Crippen LogP contribution in [-0.4, -0.2) is 62.7 Å². The van der Waals surface area contributed by atoms with E-state index in [1.807, 2.05) is 0 Å². The quantitative estimate of drug-likeness (QED) is 0.584. The van der Waals surface area contributed by atoms with Crippen molar-refractivity contribution in [2.24, 2.45) is 0 Å². The molecular weight excluding hydrogens is 302 g/mol. The van der Waals surface area contributed by atoms with Crippen molar-refractivity contribution in [3.05, 3.63) is 12.4 Å². The molecule has 2 N–H and O–H groups in total. The molecule has 1 unspecified atom stereocenters. The van der Waals surface area contributed by atoms with Gasteiger partial charge in [-0.1, -0.05) is 0 Å². The van der Waals surface area contributed by atoms with Crippen molar-refractivity contribution in [1.29, 1.82) is 0 Å². The third-order valence-corrected chi connectivity index (χ3v) is 4.04. The molecular formula is C11H19N3O6S. The maximum absolute atomic E-state index is 12.0. The molecule has 9 nitrogen and oxygen atoms in total. The highest BCUT2D eigenvalue weighted by atomic mass is 32.2. The van der Waals surface area contributed by atoms with Crippen molar-refractivity contribution in [3.8, 4) is 0 Å². The Bertz CT molecular complexity index is 556. The summed E-state index contributed by atoms with van der Waals surface area (Å²) in [5, 5.41) is 12.4. The number of rotatable bonds is 10. The van der Waals surface area contributed by atoms with Gasteiger partial charge in [0.15, 0.2) is 0 Å². The van der Waals surface area contributed by atoms with E-state index in [1.54, 1.807) is 0 Å². The lowest BCUT2D eigenvalue weighted by Gasteiger charge is -2.14. The summed E-state index contributed by atoms with van der Waals surface area (Å²) in [6, 6.07) is 0. The molecule has 0 aliphatic heterocycles. The van der Waals surface area contributed by atoms with Crippen LogP contribution in [0.5, 0.6) is 0 Å².